The molecule has 2 heterocycles. The van der Waals surface area contributed by atoms with Gasteiger partial charge < -0.3 is 9.13 Å². The number of hydrogen-bond donors (Lipinski definition) is 0. The van der Waals surface area contributed by atoms with Gasteiger partial charge in [0.15, 0.2) is 0 Å². The zero-order valence-corrected chi connectivity index (χ0v) is 43.5. The quantitative estimate of drug-likeness (QED) is 0.151. The van der Waals surface area contributed by atoms with Crippen molar-refractivity contribution in [3.63, 3.8) is 0 Å². The third-order valence-electron chi connectivity index (χ3n) is 19.3. The largest absolute Gasteiger partial charge is 0.309 e. The molecular formula is C76H56N2. The predicted octanol–water partition coefficient (Wildman–Crippen LogP) is 19.9. The Morgan fingerprint density at radius 1 is 0.256 bits per heavy atom. The maximum Gasteiger partial charge on any atom is 0.0547 e. The first-order chi connectivity index (χ1) is 38.6. The van der Waals surface area contributed by atoms with Crippen LogP contribution >= 0.6 is 0 Å². The van der Waals surface area contributed by atoms with Crippen LogP contribution in [0.4, 0.5) is 0 Å². The monoisotopic (exact) mass is 996 g/mol. The van der Waals surface area contributed by atoms with Crippen molar-refractivity contribution in [2.75, 3.05) is 0 Å². The molecule has 0 unspecified atom stereocenters. The average molecular weight is 997 g/mol. The van der Waals surface area contributed by atoms with E-state index in [1.807, 2.05) is 0 Å². The highest BCUT2D eigenvalue weighted by atomic mass is 15.0. The van der Waals surface area contributed by atoms with Gasteiger partial charge in [-0.15, -0.1) is 0 Å². The van der Waals surface area contributed by atoms with Gasteiger partial charge in [0.05, 0.1) is 33.4 Å². The Balaban J connectivity index is 0.776. The lowest BCUT2D eigenvalue weighted by atomic mass is 9.43. The van der Waals surface area contributed by atoms with Crippen molar-refractivity contribution in [3.8, 4) is 78.1 Å². The van der Waals surface area contributed by atoms with Crippen molar-refractivity contribution in [1.82, 2.24) is 9.13 Å². The summed E-state index contributed by atoms with van der Waals surface area (Å²) in [5.41, 5.74) is 25.7. The second-order valence-corrected chi connectivity index (χ2v) is 23.2. The Hall–Kier alpha value is -8.98. The van der Waals surface area contributed by atoms with Crippen LogP contribution in [-0.4, -0.2) is 9.13 Å². The van der Waals surface area contributed by atoms with E-state index in [4.69, 9.17) is 0 Å². The molecule has 1 spiro atoms. The lowest BCUT2D eigenvalue weighted by Gasteiger charge is -2.61. The van der Waals surface area contributed by atoms with E-state index in [1.165, 1.54) is 148 Å². The normalized spacial score (nSPS) is 19.8. The minimum atomic E-state index is 0.158. The molecule has 5 aliphatic rings. The molecule has 370 valence electrons. The highest BCUT2D eigenvalue weighted by molar-refractivity contribution is 6.13. The van der Waals surface area contributed by atoms with E-state index >= 15 is 0 Å². The summed E-state index contributed by atoms with van der Waals surface area (Å²) in [5.74, 6) is 3.36. The van der Waals surface area contributed by atoms with Gasteiger partial charge in [0.1, 0.15) is 0 Å². The van der Waals surface area contributed by atoms with E-state index < -0.39 is 0 Å². The number of benzene rings is 11. The van der Waals surface area contributed by atoms with Crippen molar-refractivity contribution in [3.05, 3.63) is 266 Å². The molecule has 2 aromatic heterocycles. The fourth-order valence-corrected chi connectivity index (χ4v) is 16.3. The van der Waals surface area contributed by atoms with Crippen LogP contribution in [0.1, 0.15) is 43.2 Å². The molecule has 78 heavy (non-hydrogen) atoms. The number of nitrogens with zero attached hydrogens (tertiary/aromatic N) is 2. The third kappa shape index (κ3) is 6.44. The topological polar surface area (TPSA) is 9.86 Å². The summed E-state index contributed by atoms with van der Waals surface area (Å²) in [4.78, 5) is 0. The Bertz CT molecular complexity index is 4520. The standard InChI is InChI=1S/C76H56N2/c1-3-15-50(16-4-1)54-34-38-73(67(44-54)52-17-5-2-6-18-52)78-72-26-14-10-22-64(72)66-37-33-57(47-75(66)78)56-32-36-65-63-21-9-13-25-71(63)77(74(65)46-56)70-24-12-8-19-60(70)53-29-27-51(28-30-53)55-31-35-62-61-20-7-11-23-68(61)76(69(62)45-55)58-40-48-39-49(42-58)43-59(76)41-48/h1-38,44-49,58-59H,39-43H2. The summed E-state index contributed by atoms with van der Waals surface area (Å²) < 4.78 is 5.00. The number of aromatic nitrogens is 2. The van der Waals surface area contributed by atoms with Crippen LogP contribution in [0.25, 0.3) is 122 Å². The molecule has 13 aromatic rings. The fraction of sp³-hybridized carbons (Fsp3) is 0.132. The second-order valence-electron chi connectivity index (χ2n) is 23.2. The molecule has 4 bridgehead atoms. The van der Waals surface area contributed by atoms with Crippen molar-refractivity contribution in [1.29, 1.82) is 0 Å². The van der Waals surface area contributed by atoms with Gasteiger partial charge in [-0.05, 0) is 171 Å². The summed E-state index contributed by atoms with van der Waals surface area (Å²) >= 11 is 0. The van der Waals surface area contributed by atoms with Gasteiger partial charge in [-0.3, -0.25) is 0 Å². The minimum Gasteiger partial charge on any atom is -0.309 e. The predicted molar refractivity (Wildman–Crippen MR) is 326 cm³/mol. The van der Waals surface area contributed by atoms with E-state index in [1.54, 1.807) is 11.1 Å². The first-order valence-corrected chi connectivity index (χ1v) is 28.4. The first kappa shape index (κ1) is 44.2. The Labute approximate surface area is 455 Å². The molecule has 0 atom stereocenters. The molecule has 0 N–H and O–H groups in total. The van der Waals surface area contributed by atoms with Crippen molar-refractivity contribution >= 4 is 43.6 Å². The average Bonchev–Trinajstić information content (AvgIpc) is 3.68. The van der Waals surface area contributed by atoms with Crippen LogP contribution in [0, 0.1) is 23.7 Å². The van der Waals surface area contributed by atoms with Crippen LogP contribution in [0.3, 0.4) is 0 Å². The van der Waals surface area contributed by atoms with E-state index in [0.717, 1.165) is 29.4 Å². The SMILES string of the molecule is c1ccc(-c2ccc(-n3c4ccccc4c4ccc(-c5ccc6c7ccccc7n(-c7ccccc7-c7ccc(-c8ccc9c(c8)C8(c%10ccccc%10-9)C9CC%10CC(C9)CC8C%10)cc7)c6c5)cc43)c(-c3ccccc3)c2)cc1. The molecule has 18 rings (SSSR count). The van der Waals surface area contributed by atoms with Gasteiger partial charge in [0, 0.05) is 38.1 Å². The third-order valence-corrected chi connectivity index (χ3v) is 19.3. The van der Waals surface area contributed by atoms with E-state index in [0.29, 0.717) is 0 Å². The molecule has 5 aliphatic carbocycles. The minimum absolute atomic E-state index is 0.158. The van der Waals surface area contributed by atoms with Gasteiger partial charge in [-0.25, -0.2) is 0 Å². The lowest BCUT2D eigenvalue weighted by molar-refractivity contribution is -0.0399. The van der Waals surface area contributed by atoms with Gasteiger partial charge >= 0.3 is 0 Å². The summed E-state index contributed by atoms with van der Waals surface area (Å²) in [6.45, 7) is 0. The number of para-hydroxylation sites is 3. The zero-order valence-electron chi connectivity index (χ0n) is 43.5. The van der Waals surface area contributed by atoms with Crippen LogP contribution < -0.4 is 0 Å². The molecule has 4 saturated carbocycles. The van der Waals surface area contributed by atoms with Crippen molar-refractivity contribution in [2.24, 2.45) is 23.7 Å². The maximum atomic E-state index is 2.62. The van der Waals surface area contributed by atoms with Crippen LogP contribution in [0.15, 0.2) is 255 Å². The summed E-state index contributed by atoms with van der Waals surface area (Å²) in [5, 5.41) is 4.98. The number of fused-ring (bicyclic) bond motifs is 9. The van der Waals surface area contributed by atoms with Crippen molar-refractivity contribution < 1.29 is 0 Å². The van der Waals surface area contributed by atoms with Crippen LogP contribution in [0.5, 0.6) is 0 Å². The smallest absolute Gasteiger partial charge is 0.0547 e. The molecule has 2 nitrogen and oxygen atoms in total. The van der Waals surface area contributed by atoms with Gasteiger partial charge in [-0.1, -0.05) is 206 Å². The lowest BCUT2D eigenvalue weighted by Crippen LogP contribution is -2.55. The Kier molecular flexibility index (Phi) is 9.63. The number of rotatable bonds is 7. The van der Waals surface area contributed by atoms with Crippen LogP contribution in [-0.2, 0) is 5.41 Å². The van der Waals surface area contributed by atoms with E-state index in [9.17, 15) is 0 Å². The fourth-order valence-electron chi connectivity index (χ4n) is 16.3. The summed E-state index contributed by atoms with van der Waals surface area (Å²) in [6.07, 6.45) is 7.07. The van der Waals surface area contributed by atoms with E-state index in [2.05, 4.69) is 264 Å². The molecule has 2 heteroatoms. The van der Waals surface area contributed by atoms with Crippen LogP contribution in [0.2, 0.25) is 0 Å². The molecule has 0 saturated heterocycles. The maximum absolute atomic E-state index is 2.62. The molecular weight excluding hydrogens is 941 g/mol. The Morgan fingerprint density at radius 3 is 1.33 bits per heavy atom. The van der Waals surface area contributed by atoms with E-state index in [-0.39, 0.29) is 5.41 Å². The summed E-state index contributed by atoms with van der Waals surface area (Å²) in [7, 11) is 0. The van der Waals surface area contributed by atoms with Gasteiger partial charge in [-0.2, -0.15) is 0 Å². The number of hydrogen-bond acceptors (Lipinski definition) is 0. The van der Waals surface area contributed by atoms with Gasteiger partial charge in [0.25, 0.3) is 0 Å². The summed E-state index contributed by atoms with van der Waals surface area (Å²) in [6, 6.07) is 96.0. The Morgan fingerprint density at radius 2 is 0.679 bits per heavy atom. The second kappa shape index (κ2) is 17.0. The molecule has 0 amide bonds. The highest BCUT2D eigenvalue weighted by Gasteiger charge is 2.61. The van der Waals surface area contributed by atoms with Crippen molar-refractivity contribution in [2.45, 2.75) is 37.5 Å². The molecule has 11 aromatic carbocycles. The first-order valence-electron chi connectivity index (χ1n) is 28.4. The molecule has 4 fully saturated rings. The highest BCUT2D eigenvalue weighted by Crippen LogP contribution is 2.69. The van der Waals surface area contributed by atoms with Gasteiger partial charge in [0.2, 0.25) is 0 Å². The zero-order chi connectivity index (χ0) is 51.1. The molecule has 0 aliphatic heterocycles. The molecule has 0 radical (unpaired) electrons.